The van der Waals surface area contributed by atoms with Crippen molar-refractivity contribution in [2.24, 2.45) is 0 Å². The average Bonchev–Trinajstić information content (AvgIpc) is 2.56. The standard InChI is InChI=1S/C20H23BrN2O3/c1-12(2)22-19(24)14-5-8-16(9-6-14)23-20(25)15-7-10-18(17(21)11-15)26-13(3)4/h5-13H,1-4H3,(H,22,24)(H,23,25). The lowest BCUT2D eigenvalue weighted by molar-refractivity contribution is 0.0942. The topological polar surface area (TPSA) is 67.4 Å². The van der Waals surface area contributed by atoms with Crippen molar-refractivity contribution in [3.63, 3.8) is 0 Å². The number of hydrogen-bond acceptors (Lipinski definition) is 3. The fourth-order valence-corrected chi connectivity index (χ4v) is 2.72. The first-order valence-corrected chi connectivity index (χ1v) is 9.24. The molecule has 5 nitrogen and oxygen atoms in total. The summed E-state index contributed by atoms with van der Waals surface area (Å²) in [5.74, 6) is 0.320. The molecule has 0 heterocycles. The first-order chi connectivity index (χ1) is 12.3. The van der Waals surface area contributed by atoms with E-state index in [9.17, 15) is 9.59 Å². The zero-order chi connectivity index (χ0) is 19.3. The van der Waals surface area contributed by atoms with Gasteiger partial charge in [-0.1, -0.05) is 0 Å². The number of hydrogen-bond donors (Lipinski definition) is 2. The van der Waals surface area contributed by atoms with Crippen LogP contribution in [0.25, 0.3) is 0 Å². The van der Waals surface area contributed by atoms with E-state index in [4.69, 9.17) is 4.74 Å². The number of amides is 2. The van der Waals surface area contributed by atoms with Gasteiger partial charge in [-0.05, 0) is 86.1 Å². The summed E-state index contributed by atoms with van der Waals surface area (Å²) in [6, 6.07) is 12.0. The van der Waals surface area contributed by atoms with Crippen molar-refractivity contribution in [1.29, 1.82) is 0 Å². The monoisotopic (exact) mass is 418 g/mol. The molecule has 0 unspecified atom stereocenters. The molecule has 2 aromatic rings. The maximum atomic E-state index is 12.4. The predicted molar refractivity (Wildman–Crippen MR) is 107 cm³/mol. The number of halogens is 1. The van der Waals surface area contributed by atoms with E-state index >= 15 is 0 Å². The SMILES string of the molecule is CC(C)NC(=O)c1ccc(NC(=O)c2ccc(OC(C)C)c(Br)c2)cc1. The van der Waals surface area contributed by atoms with Crippen molar-refractivity contribution < 1.29 is 14.3 Å². The summed E-state index contributed by atoms with van der Waals surface area (Å²) in [6.45, 7) is 7.69. The van der Waals surface area contributed by atoms with Crippen molar-refractivity contribution in [2.45, 2.75) is 39.8 Å². The second kappa shape index (κ2) is 8.85. The number of benzene rings is 2. The summed E-state index contributed by atoms with van der Waals surface area (Å²) in [7, 11) is 0. The highest BCUT2D eigenvalue weighted by Gasteiger charge is 2.11. The van der Waals surface area contributed by atoms with Crippen LogP contribution < -0.4 is 15.4 Å². The van der Waals surface area contributed by atoms with Crippen LogP contribution in [-0.4, -0.2) is 24.0 Å². The van der Waals surface area contributed by atoms with E-state index in [1.807, 2.05) is 27.7 Å². The fourth-order valence-electron chi connectivity index (χ4n) is 2.25. The molecule has 0 fully saturated rings. The number of carbonyl (C=O) groups excluding carboxylic acids is 2. The van der Waals surface area contributed by atoms with Crippen LogP contribution in [0, 0.1) is 0 Å². The van der Waals surface area contributed by atoms with Gasteiger partial charge >= 0.3 is 0 Å². The molecule has 0 saturated carbocycles. The van der Waals surface area contributed by atoms with E-state index < -0.39 is 0 Å². The molecule has 0 radical (unpaired) electrons. The molecule has 2 amide bonds. The molecule has 6 heteroatoms. The quantitative estimate of drug-likeness (QED) is 0.718. The van der Waals surface area contributed by atoms with E-state index in [-0.39, 0.29) is 24.0 Å². The van der Waals surface area contributed by atoms with Crippen LogP contribution in [0.4, 0.5) is 5.69 Å². The van der Waals surface area contributed by atoms with Gasteiger partial charge in [0.05, 0.1) is 10.6 Å². The Hall–Kier alpha value is -2.34. The van der Waals surface area contributed by atoms with Crippen LogP contribution in [-0.2, 0) is 0 Å². The highest BCUT2D eigenvalue weighted by molar-refractivity contribution is 9.10. The van der Waals surface area contributed by atoms with Gasteiger partial charge in [-0.15, -0.1) is 0 Å². The maximum Gasteiger partial charge on any atom is 0.255 e. The van der Waals surface area contributed by atoms with Gasteiger partial charge in [0.2, 0.25) is 0 Å². The Morgan fingerprint density at radius 2 is 1.54 bits per heavy atom. The van der Waals surface area contributed by atoms with Crippen LogP contribution in [0.2, 0.25) is 0 Å². The van der Waals surface area contributed by atoms with Gasteiger partial charge in [0.1, 0.15) is 5.75 Å². The zero-order valence-corrected chi connectivity index (χ0v) is 16.9. The smallest absolute Gasteiger partial charge is 0.255 e. The summed E-state index contributed by atoms with van der Waals surface area (Å²) in [4.78, 5) is 24.4. The van der Waals surface area contributed by atoms with E-state index in [0.29, 0.717) is 22.6 Å². The molecule has 138 valence electrons. The van der Waals surface area contributed by atoms with Gasteiger partial charge in [0.25, 0.3) is 11.8 Å². The molecule has 0 bridgehead atoms. The van der Waals surface area contributed by atoms with Gasteiger partial charge in [-0.25, -0.2) is 0 Å². The van der Waals surface area contributed by atoms with Gasteiger partial charge in [-0.2, -0.15) is 0 Å². The van der Waals surface area contributed by atoms with E-state index in [1.54, 1.807) is 42.5 Å². The molecule has 0 aliphatic heterocycles. The van der Waals surface area contributed by atoms with E-state index in [1.165, 1.54) is 0 Å². The first kappa shape index (κ1) is 20.0. The summed E-state index contributed by atoms with van der Waals surface area (Å²) in [6.07, 6.45) is 0.0531. The molecule has 2 N–H and O–H groups in total. The third kappa shape index (κ3) is 5.59. The minimum atomic E-state index is -0.235. The molecule has 2 aromatic carbocycles. The first-order valence-electron chi connectivity index (χ1n) is 8.44. The normalized spacial score (nSPS) is 10.7. The summed E-state index contributed by atoms with van der Waals surface area (Å²) >= 11 is 3.42. The van der Waals surface area contributed by atoms with Gasteiger partial charge < -0.3 is 15.4 Å². The third-order valence-corrected chi connectivity index (χ3v) is 4.00. The molecule has 0 saturated heterocycles. The molecule has 0 aromatic heterocycles. The minimum absolute atomic E-state index is 0.0531. The predicted octanol–water partition coefficient (Wildman–Crippen LogP) is 4.63. The van der Waals surface area contributed by atoms with Gasteiger partial charge in [0, 0.05) is 22.9 Å². The Morgan fingerprint density at radius 1 is 0.923 bits per heavy atom. The molecule has 26 heavy (non-hydrogen) atoms. The summed E-state index contributed by atoms with van der Waals surface area (Å²) < 4.78 is 6.37. The van der Waals surface area contributed by atoms with E-state index in [2.05, 4.69) is 26.6 Å². The van der Waals surface area contributed by atoms with E-state index in [0.717, 1.165) is 4.47 Å². The molecule has 0 aliphatic rings. The van der Waals surface area contributed by atoms with Crippen LogP contribution in [0.15, 0.2) is 46.9 Å². The van der Waals surface area contributed by atoms with Crippen molar-refractivity contribution >= 4 is 33.4 Å². The second-order valence-electron chi connectivity index (χ2n) is 6.47. The average molecular weight is 419 g/mol. The Balaban J connectivity index is 2.05. The highest BCUT2D eigenvalue weighted by Crippen LogP contribution is 2.27. The van der Waals surface area contributed by atoms with Gasteiger partial charge in [0.15, 0.2) is 0 Å². The number of anilines is 1. The summed E-state index contributed by atoms with van der Waals surface area (Å²) in [5.41, 5.74) is 1.68. The lowest BCUT2D eigenvalue weighted by atomic mass is 10.1. The van der Waals surface area contributed by atoms with Crippen LogP contribution in [0.5, 0.6) is 5.75 Å². The van der Waals surface area contributed by atoms with Crippen LogP contribution in [0.3, 0.4) is 0 Å². The zero-order valence-electron chi connectivity index (χ0n) is 15.3. The second-order valence-corrected chi connectivity index (χ2v) is 7.33. The molecule has 2 rings (SSSR count). The largest absolute Gasteiger partial charge is 0.490 e. The minimum Gasteiger partial charge on any atom is -0.490 e. The number of nitrogens with one attached hydrogen (secondary N) is 2. The number of ether oxygens (including phenoxy) is 1. The van der Waals surface area contributed by atoms with Gasteiger partial charge in [-0.3, -0.25) is 9.59 Å². The van der Waals surface area contributed by atoms with Crippen LogP contribution >= 0.6 is 15.9 Å². The summed E-state index contributed by atoms with van der Waals surface area (Å²) in [5, 5.41) is 5.65. The molecular weight excluding hydrogens is 396 g/mol. The lowest BCUT2D eigenvalue weighted by Gasteiger charge is -2.13. The third-order valence-electron chi connectivity index (χ3n) is 3.38. The maximum absolute atomic E-state index is 12.4. The van der Waals surface area contributed by atoms with Crippen molar-refractivity contribution in [3.8, 4) is 5.75 Å². The van der Waals surface area contributed by atoms with Crippen LogP contribution in [0.1, 0.15) is 48.4 Å². The molecule has 0 atom stereocenters. The lowest BCUT2D eigenvalue weighted by Crippen LogP contribution is -2.30. The Bertz CT molecular complexity index is 786. The Labute approximate surface area is 162 Å². The number of carbonyl (C=O) groups is 2. The number of rotatable bonds is 6. The molecule has 0 aliphatic carbocycles. The van der Waals surface area contributed by atoms with Crippen molar-refractivity contribution in [3.05, 3.63) is 58.1 Å². The van der Waals surface area contributed by atoms with Crippen molar-refractivity contribution in [1.82, 2.24) is 5.32 Å². The highest BCUT2D eigenvalue weighted by atomic mass is 79.9. The van der Waals surface area contributed by atoms with Crippen molar-refractivity contribution in [2.75, 3.05) is 5.32 Å². The Kier molecular flexibility index (Phi) is 6.80. The molecule has 0 spiro atoms. The Morgan fingerprint density at radius 3 is 2.08 bits per heavy atom. The molecular formula is C20H23BrN2O3. The fraction of sp³-hybridized carbons (Fsp3) is 0.300.